The number of carboxylic acid groups (broad SMARTS) is 1. The Bertz CT molecular complexity index is 1070. The van der Waals surface area contributed by atoms with Gasteiger partial charge in [0.1, 0.15) is 17.1 Å². The fraction of sp³-hybridized carbons (Fsp3) is 0.273. The average Bonchev–Trinajstić information content (AvgIpc) is 3.09. The molecule has 2 N–H and O–H groups in total. The molecule has 0 aliphatic carbocycles. The lowest BCUT2D eigenvalue weighted by Crippen LogP contribution is -2.57. The zero-order valence-electron chi connectivity index (χ0n) is 15.7. The molecular formula is C22H21FN2O4. The van der Waals surface area contributed by atoms with Crippen molar-refractivity contribution in [3.05, 3.63) is 71.7 Å². The molecule has 0 unspecified atom stereocenters. The lowest BCUT2D eigenvalue weighted by Gasteiger charge is -2.33. The minimum Gasteiger partial charge on any atom is -0.480 e. The number of para-hydroxylation sites is 1. The molecule has 2 heterocycles. The van der Waals surface area contributed by atoms with Crippen LogP contribution in [0, 0.1) is 5.82 Å². The lowest BCUT2D eigenvalue weighted by molar-refractivity contribution is -0.148. The number of halogens is 1. The Morgan fingerprint density at radius 1 is 1.10 bits per heavy atom. The van der Waals surface area contributed by atoms with Crippen LogP contribution in [0.1, 0.15) is 28.9 Å². The van der Waals surface area contributed by atoms with Crippen molar-refractivity contribution in [3.63, 3.8) is 0 Å². The standard InChI is InChI=1S/C22H21FN2O4/c23-17-7-3-1-6-16(17)14-25-18-8-4-2-5-15(18)13-19(25)20(26)24-22(21(27)28)9-11-29-12-10-22/h1-8,13H,9-12,14H2,(H,24,26)(H,27,28). The van der Waals surface area contributed by atoms with Crippen molar-refractivity contribution in [2.45, 2.75) is 24.9 Å². The number of nitrogens with zero attached hydrogens (tertiary/aromatic N) is 1. The van der Waals surface area contributed by atoms with Crippen LogP contribution >= 0.6 is 0 Å². The van der Waals surface area contributed by atoms with Gasteiger partial charge in [-0.1, -0.05) is 36.4 Å². The van der Waals surface area contributed by atoms with E-state index in [9.17, 15) is 19.1 Å². The summed E-state index contributed by atoms with van der Waals surface area (Å²) in [5.74, 6) is -1.93. The number of amides is 1. The van der Waals surface area contributed by atoms with Crippen LogP contribution < -0.4 is 5.32 Å². The van der Waals surface area contributed by atoms with Gasteiger partial charge < -0.3 is 19.7 Å². The SMILES string of the molecule is O=C(NC1(C(=O)O)CCOCC1)c1cc2ccccc2n1Cc1ccccc1F. The van der Waals surface area contributed by atoms with E-state index in [1.54, 1.807) is 28.8 Å². The van der Waals surface area contributed by atoms with E-state index in [2.05, 4.69) is 5.32 Å². The second-order valence-electron chi connectivity index (χ2n) is 7.22. The number of hydrogen-bond donors (Lipinski definition) is 2. The molecule has 1 aromatic heterocycles. The third kappa shape index (κ3) is 3.61. The van der Waals surface area contributed by atoms with Crippen LogP contribution in [0.2, 0.25) is 0 Å². The number of carboxylic acids is 1. The molecule has 0 spiro atoms. The molecule has 4 rings (SSSR count). The third-order valence-electron chi connectivity index (χ3n) is 5.44. The molecule has 0 radical (unpaired) electrons. The normalized spacial score (nSPS) is 15.9. The van der Waals surface area contributed by atoms with Gasteiger partial charge in [0.15, 0.2) is 0 Å². The van der Waals surface area contributed by atoms with Gasteiger partial charge in [-0.3, -0.25) is 4.79 Å². The maximum Gasteiger partial charge on any atom is 0.329 e. The molecule has 2 aromatic carbocycles. The summed E-state index contributed by atoms with van der Waals surface area (Å²) >= 11 is 0. The van der Waals surface area contributed by atoms with Gasteiger partial charge in [-0.15, -0.1) is 0 Å². The second kappa shape index (κ2) is 7.67. The Hall–Kier alpha value is -3.19. The van der Waals surface area contributed by atoms with E-state index in [0.717, 1.165) is 10.9 Å². The predicted octanol–water partition coefficient (Wildman–Crippen LogP) is 3.19. The summed E-state index contributed by atoms with van der Waals surface area (Å²) in [5.41, 5.74) is 0.148. The molecular weight excluding hydrogens is 375 g/mol. The first-order valence-electron chi connectivity index (χ1n) is 9.45. The Morgan fingerprint density at radius 3 is 2.52 bits per heavy atom. The van der Waals surface area contributed by atoms with E-state index in [0.29, 0.717) is 11.3 Å². The summed E-state index contributed by atoms with van der Waals surface area (Å²) in [6.45, 7) is 0.696. The average molecular weight is 396 g/mol. The summed E-state index contributed by atoms with van der Waals surface area (Å²) in [7, 11) is 0. The molecule has 0 saturated carbocycles. The number of carbonyl (C=O) groups excluding carboxylic acids is 1. The van der Waals surface area contributed by atoms with Gasteiger partial charge in [0.25, 0.3) is 5.91 Å². The largest absolute Gasteiger partial charge is 0.480 e. The smallest absolute Gasteiger partial charge is 0.329 e. The summed E-state index contributed by atoms with van der Waals surface area (Å²) in [5, 5.41) is 13.3. The molecule has 1 aliphatic rings. The number of aromatic nitrogens is 1. The number of ether oxygens (including phenoxy) is 1. The molecule has 1 amide bonds. The van der Waals surface area contributed by atoms with Crippen LogP contribution in [0.3, 0.4) is 0 Å². The van der Waals surface area contributed by atoms with Gasteiger partial charge in [-0.05, 0) is 18.2 Å². The van der Waals surface area contributed by atoms with Crippen molar-refractivity contribution in [1.29, 1.82) is 0 Å². The highest BCUT2D eigenvalue weighted by Gasteiger charge is 2.42. The highest BCUT2D eigenvalue weighted by atomic mass is 19.1. The van der Waals surface area contributed by atoms with Gasteiger partial charge in [-0.2, -0.15) is 0 Å². The number of fused-ring (bicyclic) bond motifs is 1. The first-order chi connectivity index (χ1) is 14.0. The highest BCUT2D eigenvalue weighted by molar-refractivity contribution is 6.01. The summed E-state index contributed by atoms with van der Waals surface area (Å²) in [6, 6.07) is 15.5. The fourth-order valence-electron chi connectivity index (χ4n) is 3.76. The van der Waals surface area contributed by atoms with Gasteiger partial charge in [0, 0.05) is 42.5 Å². The Morgan fingerprint density at radius 2 is 1.79 bits per heavy atom. The van der Waals surface area contributed by atoms with Gasteiger partial charge in [-0.25, -0.2) is 9.18 Å². The van der Waals surface area contributed by atoms with Crippen LogP contribution in [0.25, 0.3) is 10.9 Å². The molecule has 1 aliphatic heterocycles. The van der Waals surface area contributed by atoms with Crippen molar-refractivity contribution < 1.29 is 23.8 Å². The van der Waals surface area contributed by atoms with Gasteiger partial charge in [0.2, 0.25) is 0 Å². The molecule has 150 valence electrons. The summed E-state index contributed by atoms with van der Waals surface area (Å²) < 4.78 is 21.2. The van der Waals surface area contributed by atoms with Crippen molar-refractivity contribution in [3.8, 4) is 0 Å². The zero-order valence-corrected chi connectivity index (χ0v) is 15.7. The van der Waals surface area contributed by atoms with Gasteiger partial charge >= 0.3 is 5.97 Å². The van der Waals surface area contributed by atoms with E-state index < -0.39 is 17.4 Å². The van der Waals surface area contributed by atoms with Crippen molar-refractivity contribution in [1.82, 2.24) is 9.88 Å². The minimum absolute atomic E-state index is 0.159. The number of hydrogen-bond acceptors (Lipinski definition) is 3. The maximum atomic E-state index is 14.2. The molecule has 1 saturated heterocycles. The summed E-state index contributed by atoms with van der Waals surface area (Å²) in [4.78, 5) is 25.1. The zero-order chi connectivity index (χ0) is 20.4. The fourth-order valence-corrected chi connectivity index (χ4v) is 3.76. The van der Waals surface area contributed by atoms with Crippen LogP contribution in [0.4, 0.5) is 4.39 Å². The topological polar surface area (TPSA) is 80.6 Å². The first kappa shape index (κ1) is 19.1. The second-order valence-corrected chi connectivity index (χ2v) is 7.22. The van der Waals surface area contributed by atoms with Crippen LogP contribution in [0.5, 0.6) is 0 Å². The van der Waals surface area contributed by atoms with Crippen LogP contribution in [-0.4, -0.2) is 40.3 Å². The quantitative estimate of drug-likeness (QED) is 0.694. The van der Waals surface area contributed by atoms with E-state index in [1.165, 1.54) is 6.07 Å². The van der Waals surface area contributed by atoms with Crippen molar-refractivity contribution in [2.75, 3.05) is 13.2 Å². The maximum absolute atomic E-state index is 14.2. The minimum atomic E-state index is -1.37. The van der Waals surface area contributed by atoms with Crippen molar-refractivity contribution >= 4 is 22.8 Å². The van der Waals surface area contributed by atoms with E-state index in [1.807, 2.05) is 24.3 Å². The number of carbonyl (C=O) groups is 2. The molecule has 0 atom stereocenters. The van der Waals surface area contributed by atoms with E-state index in [4.69, 9.17) is 4.74 Å². The number of nitrogens with one attached hydrogen (secondary N) is 1. The predicted molar refractivity (Wildman–Crippen MR) is 105 cm³/mol. The van der Waals surface area contributed by atoms with Crippen LogP contribution in [-0.2, 0) is 16.1 Å². The monoisotopic (exact) mass is 396 g/mol. The lowest BCUT2D eigenvalue weighted by atomic mass is 9.90. The van der Waals surface area contributed by atoms with Crippen LogP contribution in [0.15, 0.2) is 54.6 Å². The molecule has 29 heavy (non-hydrogen) atoms. The molecule has 6 nitrogen and oxygen atoms in total. The van der Waals surface area contributed by atoms with Gasteiger partial charge in [0.05, 0.1) is 6.54 Å². The highest BCUT2D eigenvalue weighted by Crippen LogP contribution is 2.25. The molecule has 7 heteroatoms. The molecule has 3 aromatic rings. The molecule has 1 fully saturated rings. The number of aliphatic carboxylic acids is 1. The Balaban J connectivity index is 1.74. The van der Waals surface area contributed by atoms with E-state index in [-0.39, 0.29) is 38.4 Å². The van der Waals surface area contributed by atoms with Crippen molar-refractivity contribution in [2.24, 2.45) is 0 Å². The number of benzene rings is 2. The molecule has 0 bridgehead atoms. The Labute approximate surface area is 166 Å². The Kier molecular flexibility index (Phi) is 5.07. The number of rotatable bonds is 5. The summed E-state index contributed by atoms with van der Waals surface area (Å²) in [6.07, 6.45) is 0.392. The first-order valence-corrected chi connectivity index (χ1v) is 9.45. The van der Waals surface area contributed by atoms with E-state index >= 15 is 0 Å². The third-order valence-corrected chi connectivity index (χ3v) is 5.44.